The maximum absolute atomic E-state index is 12.4. The van der Waals surface area contributed by atoms with E-state index in [-0.39, 0.29) is 5.56 Å². The number of rotatable bonds is 2. The highest BCUT2D eigenvalue weighted by Gasteiger charge is 2.14. The lowest BCUT2D eigenvalue weighted by molar-refractivity contribution is 0.415. The first-order valence-electron chi connectivity index (χ1n) is 6.56. The molecule has 0 spiro atoms. The Morgan fingerprint density at radius 3 is 2.48 bits per heavy atom. The van der Waals surface area contributed by atoms with E-state index >= 15 is 0 Å². The fourth-order valence-electron chi connectivity index (χ4n) is 2.28. The number of hydrogen-bond acceptors (Lipinski definition) is 4. The molecule has 0 fully saturated rings. The summed E-state index contributed by atoms with van der Waals surface area (Å²) in [6, 6.07) is 7.46. The molecule has 5 heteroatoms. The number of ether oxygens (including phenoxy) is 1. The number of aromatic nitrogens is 3. The average molecular weight is 281 g/mol. The van der Waals surface area contributed by atoms with E-state index in [0.29, 0.717) is 27.8 Å². The average Bonchev–Trinajstić information content (AvgIpc) is 2.79. The second-order valence-electron chi connectivity index (χ2n) is 4.92. The lowest BCUT2D eigenvalue weighted by Gasteiger charge is -2.06. The summed E-state index contributed by atoms with van der Waals surface area (Å²) >= 11 is 0. The Bertz CT molecular complexity index is 927. The molecule has 2 aromatic heterocycles. The predicted molar refractivity (Wildman–Crippen MR) is 81.5 cm³/mol. The smallest absolute Gasteiger partial charge is 0.278 e. The first kappa shape index (κ1) is 13.3. The minimum Gasteiger partial charge on any atom is -0.497 e. The number of hydrogen-bond donors (Lipinski definition) is 0. The molecule has 5 nitrogen and oxygen atoms in total. The van der Waals surface area contributed by atoms with Crippen LogP contribution >= 0.6 is 0 Å². The Morgan fingerprint density at radius 2 is 1.86 bits per heavy atom. The molecule has 0 saturated heterocycles. The SMILES string of the molecule is C=c1c(C)nn2c(=O)c(C)c(-c3ccc(OC)cc3)nc12. The summed E-state index contributed by atoms with van der Waals surface area (Å²) in [6.07, 6.45) is 0. The summed E-state index contributed by atoms with van der Waals surface area (Å²) in [5.41, 5.74) is 3.14. The van der Waals surface area contributed by atoms with Crippen molar-refractivity contribution in [1.82, 2.24) is 14.6 Å². The van der Waals surface area contributed by atoms with Gasteiger partial charge < -0.3 is 4.74 Å². The molecule has 0 amide bonds. The van der Waals surface area contributed by atoms with Gasteiger partial charge in [0.15, 0.2) is 5.65 Å². The predicted octanol–water partition coefficient (Wildman–Crippen LogP) is 1.51. The number of methoxy groups -OCH3 is 1. The van der Waals surface area contributed by atoms with Crippen LogP contribution in [0.2, 0.25) is 0 Å². The van der Waals surface area contributed by atoms with Crippen LogP contribution in [0.5, 0.6) is 5.75 Å². The van der Waals surface area contributed by atoms with E-state index in [2.05, 4.69) is 16.7 Å². The summed E-state index contributed by atoms with van der Waals surface area (Å²) in [6.45, 7) is 7.51. The maximum Gasteiger partial charge on any atom is 0.278 e. The third-order valence-electron chi connectivity index (χ3n) is 3.61. The first-order chi connectivity index (χ1) is 10.0. The van der Waals surface area contributed by atoms with Crippen molar-refractivity contribution in [1.29, 1.82) is 0 Å². The van der Waals surface area contributed by atoms with Gasteiger partial charge in [-0.1, -0.05) is 6.58 Å². The Balaban J connectivity index is 2.31. The molecule has 3 aromatic rings. The molecule has 0 aliphatic rings. The van der Waals surface area contributed by atoms with Gasteiger partial charge in [-0.15, -0.1) is 0 Å². The topological polar surface area (TPSA) is 56.5 Å². The number of benzene rings is 1. The second-order valence-corrected chi connectivity index (χ2v) is 4.92. The van der Waals surface area contributed by atoms with Gasteiger partial charge in [0.2, 0.25) is 0 Å². The summed E-state index contributed by atoms with van der Waals surface area (Å²) in [4.78, 5) is 17.0. The Kier molecular flexibility index (Phi) is 2.97. The van der Waals surface area contributed by atoms with Gasteiger partial charge in [-0.05, 0) is 38.1 Å². The Labute approximate surface area is 121 Å². The van der Waals surface area contributed by atoms with Gasteiger partial charge in [-0.2, -0.15) is 9.61 Å². The van der Waals surface area contributed by atoms with Crippen LogP contribution in [0.4, 0.5) is 0 Å². The van der Waals surface area contributed by atoms with Crippen LogP contribution < -0.4 is 15.5 Å². The van der Waals surface area contributed by atoms with Crippen molar-refractivity contribution in [3.8, 4) is 17.0 Å². The molecule has 0 bridgehead atoms. The van der Waals surface area contributed by atoms with Crippen molar-refractivity contribution < 1.29 is 4.74 Å². The van der Waals surface area contributed by atoms with Crippen LogP contribution in [-0.2, 0) is 0 Å². The summed E-state index contributed by atoms with van der Waals surface area (Å²) < 4.78 is 6.46. The van der Waals surface area contributed by atoms with Gasteiger partial charge in [0, 0.05) is 16.3 Å². The Hall–Kier alpha value is -2.69. The standard InChI is InChI=1S/C16H15N3O2/c1-9-11(3)18-19-15(9)17-14(10(2)16(19)20)12-5-7-13(21-4)8-6-12/h5-8H,1H2,2-4H3. The van der Waals surface area contributed by atoms with E-state index in [1.165, 1.54) is 4.52 Å². The highest BCUT2D eigenvalue weighted by molar-refractivity contribution is 5.66. The molecule has 106 valence electrons. The molecule has 0 saturated carbocycles. The largest absolute Gasteiger partial charge is 0.497 e. The second kappa shape index (κ2) is 4.70. The summed E-state index contributed by atoms with van der Waals surface area (Å²) in [5, 5.41) is 4.88. The molecule has 0 N–H and O–H groups in total. The third-order valence-corrected chi connectivity index (χ3v) is 3.61. The van der Waals surface area contributed by atoms with E-state index < -0.39 is 0 Å². The van der Waals surface area contributed by atoms with E-state index in [1.54, 1.807) is 14.0 Å². The quantitative estimate of drug-likeness (QED) is 0.714. The van der Waals surface area contributed by atoms with E-state index in [9.17, 15) is 4.79 Å². The minimum absolute atomic E-state index is 0.163. The van der Waals surface area contributed by atoms with Crippen LogP contribution in [0.1, 0.15) is 11.3 Å². The molecule has 21 heavy (non-hydrogen) atoms. The molecule has 2 heterocycles. The molecule has 1 aromatic carbocycles. The van der Waals surface area contributed by atoms with Crippen LogP contribution in [-0.4, -0.2) is 21.7 Å². The molecule has 0 atom stereocenters. The van der Waals surface area contributed by atoms with Crippen LogP contribution in [0, 0.1) is 13.8 Å². The fourth-order valence-corrected chi connectivity index (χ4v) is 2.28. The molecular formula is C16H15N3O2. The van der Waals surface area contributed by atoms with Gasteiger partial charge in [-0.3, -0.25) is 4.79 Å². The highest BCUT2D eigenvalue weighted by Crippen LogP contribution is 2.22. The van der Waals surface area contributed by atoms with Crippen molar-refractivity contribution in [3.05, 3.63) is 51.1 Å². The number of nitrogens with zero attached hydrogens (tertiary/aromatic N) is 3. The van der Waals surface area contributed by atoms with Crippen molar-refractivity contribution in [2.45, 2.75) is 13.8 Å². The van der Waals surface area contributed by atoms with Gasteiger partial charge in [0.1, 0.15) is 5.75 Å². The van der Waals surface area contributed by atoms with Crippen molar-refractivity contribution in [2.75, 3.05) is 7.11 Å². The van der Waals surface area contributed by atoms with Crippen LogP contribution in [0.25, 0.3) is 23.5 Å². The molecule has 3 rings (SSSR count). The third kappa shape index (κ3) is 1.98. The highest BCUT2D eigenvalue weighted by atomic mass is 16.5. The molecule has 0 aliphatic carbocycles. The van der Waals surface area contributed by atoms with Crippen molar-refractivity contribution >= 4 is 12.2 Å². The number of aryl methyl sites for hydroxylation is 1. The minimum atomic E-state index is -0.163. The van der Waals surface area contributed by atoms with E-state index in [4.69, 9.17) is 4.74 Å². The van der Waals surface area contributed by atoms with E-state index in [0.717, 1.165) is 11.3 Å². The number of fused-ring (bicyclic) bond motifs is 1. The summed E-state index contributed by atoms with van der Waals surface area (Å²) in [7, 11) is 1.62. The van der Waals surface area contributed by atoms with Gasteiger partial charge in [0.25, 0.3) is 5.56 Å². The first-order valence-corrected chi connectivity index (χ1v) is 6.56. The normalized spacial score (nSPS) is 11.0. The molecule has 0 radical (unpaired) electrons. The van der Waals surface area contributed by atoms with Gasteiger partial charge in [0.05, 0.1) is 18.5 Å². The lowest BCUT2D eigenvalue weighted by Crippen LogP contribution is -2.20. The van der Waals surface area contributed by atoms with Gasteiger partial charge >= 0.3 is 0 Å². The zero-order chi connectivity index (χ0) is 15.1. The van der Waals surface area contributed by atoms with Crippen molar-refractivity contribution in [3.63, 3.8) is 0 Å². The van der Waals surface area contributed by atoms with Crippen LogP contribution in [0.3, 0.4) is 0 Å². The van der Waals surface area contributed by atoms with E-state index in [1.807, 2.05) is 31.2 Å². The molecular weight excluding hydrogens is 266 g/mol. The fraction of sp³-hybridized carbons (Fsp3) is 0.188. The Morgan fingerprint density at radius 1 is 1.19 bits per heavy atom. The maximum atomic E-state index is 12.4. The zero-order valence-corrected chi connectivity index (χ0v) is 12.2. The van der Waals surface area contributed by atoms with Crippen molar-refractivity contribution in [2.24, 2.45) is 0 Å². The van der Waals surface area contributed by atoms with Crippen LogP contribution in [0.15, 0.2) is 29.1 Å². The lowest BCUT2D eigenvalue weighted by atomic mass is 10.1. The zero-order valence-electron chi connectivity index (χ0n) is 12.2. The summed E-state index contributed by atoms with van der Waals surface area (Å²) in [5.74, 6) is 0.762. The van der Waals surface area contributed by atoms with Gasteiger partial charge in [-0.25, -0.2) is 4.98 Å². The molecule has 0 aliphatic heterocycles. The monoisotopic (exact) mass is 281 g/mol. The molecule has 0 unspecified atom stereocenters.